The fourth-order valence-corrected chi connectivity index (χ4v) is 3.74. The molecule has 3 aromatic carbocycles. The van der Waals surface area contributed by atoms with Gasteiger partial charge in [-0.05, 0) is 49.1 Å². The number of Topliss-reactive ketones (excluding diaryl/α,β-unsaturated/α-hetero) is 1. The minimum atomic E-state index is -1.38. The lowest BCUT2D eigenvalue weighted by Crippen LogP contribution is -2.27. The molecule has 0 aliphatic rings. The molecule has 0 spiro atoms. The Balaban J connectivity index is 1.98. The molecule has 3 rings (SSSR count). The highest BCUT2D eigenvalue weighted by Gasteiger charge is 2.30. The topological polar surface area (TPSA) is 37.3 Å². The molecule has 0 amide bonds. The summed E-state index contributed by atoms with van der Waals surface area (Å²) < 4.78 is 0. The molecule has 0 heterocycles. The molecule has 3 aromatic rings. The van der Waals surface area contributed by atoms with Crippen LogP contribution in [-0.2, 0) is 5.60 Å². The first-order valence-electron chi connectivity index (χ1n) is 9.52. The Labute approximate surface area is 167 Å². The van der Waals surface area contributed by atoms with Gasteiger partial charge in [0.05, 0.1) is 0 Å². The maximum Gasteiger partial charge on any atom is 0.166 e. The summed E-state index contributed by atoms with van der Waals surface area (Å²) in [5.74, 6) is -0.0564. The summed E-state index contributed by atoms with van der Waals surface area (Å²) >= 11 is 0. The van der Waals surface area contributed by atoms with Gasteiger partial charge in [-0.2, -0.15) is 0 Å². The van der Waals surface area contributed by atoms with E-state index in [2.05, 4.69) is 0 Å². The van der Waals surface area contributed by atoms with E-state index in [1.165, 1.54) is 0 Å². The average molecular weight is 370 g/mol. The number of aliphatic hydroxyl groups is 1. The molecule has 0 fully saturated rings. The molecule has 0 saturated carbocycles. The Bertz CT molecular complexity index is 964. The Hall–Kier alpha value is -2.97. The van der Waals surface area contributed by atoms with Crippen molar-refractivity contribution in [2.75, 3.05) is 0 Å². The summed E-state index contributed by atoms with van der Waals surface area (Å²) in [6.07, 6.45) is 3.59. The largest absolute Gasteiger partial charge is 0.381 e. The Morgan fingerprint density at radius 2 is 1.43 bits per heavy atom. The average Bonchev–Trinajstić information content (AvgIpc) is 2.67. The van der Waals surface area contributed by atoms with Crippen molar-refractivity contribution in [1.29, 1.82) is 0 Å². The molecule has 2 nitrogen and oxygen atoms in total. The maximum atomic E-state index is 13.2. The van der Waals surface area contributed by atoms with Crippen LogP contribution in [0.25, 0.3) is 6.08 Å². The van der Waals surface area contributed by atoms with Gasteiger partial charge < -0.3 is 5.11 Å². The van der Waals surface area contributed by atoms with E-state index < -0.39 is 5.60 Å². The van der Waals surface area contributed by atoms with Crippen LogP contribution in [0, 0.1) is 20.8 Å². The zero-order valence-corrected chi connectivity index (χ0v) is 16.6. The summed E-state index contributed by atoms with van der Waals surface area (Å²) in [6.45, 7) is 5.93. The van der Waals surface area contributed by atoms with Gasteiger partial charge in [-0.1, -0.05) is 84.4 Å². The molecule has 1 unspecified atom stereocenters. The van der Waals surface area contributed by atoms with Crippen LogP contribution < -0.4 is 0 Å². The molecule has 142 valence electrons. The van der Waals surface area contributed by atoms with Crippen LogP contribution in [0.1, 0.15) is 44.6 Å². The van der Waals surface area contributed by atoms with Gasteiger partial charge in [-0.25, -0.2) is 0 Å². The number of carbonyl (C=O) groups is 1. The lowest BCUT2D eigenvalue weighted by Gasteiger charge is -2.25. The number of rotatable bonds is 6. The van der Waals surface area contributed by atoms with Crippen molar-refractivity contribution in [2.45, 2.75) is 32.8 Å². The van der Waals surface area contributed by atoms with Crippen molar-refractivity contribution < 1.29 is 9.90 Å². The molecule has 1 N–H and O–H groups in total. The highest BCUT2D eigenvalue weighted by molar-refractivity contribution is 5.99. The van der Waals surface area contributed by atoms with Crippen LogP contribution in [0.15, 0.2) is 78.9 Å². The van der Waals surface area contributed by atoms with E-state index >= 15 is 0 Å². The standard InChI is InChI=1S/C26H26O2/c1-19-16-20(2)25(21(3)17-19)24(27)18-26(28,23-12-8-5-9-13-23)15-14-22-10-6-4-7-11-22/h4-17,28H,18H2,1-3H3/b15-14+. The molecular weight excluding hydrogens is 344 g/mol. The predicted octanol–water partition coefficient (Wildman–Crippen LogP) is 5.79. The van der Waals surface area contributed by atoms with E-state index in [4.69, 9.17) is 0 Å². The van der Waals surface area contributed by atoms with Crippen LogP contribution in [0.4, 0.5) is 0 Å². The predicted molar refractivity (Wildman–Crippen MR) is 115 cm³/mol. The van der Waals surface area contributed by atoms with Gasteiger partial charge in [-0.15, -0.1) is 0 Å². The number of carbonyl (C=O) groups excluding carboxylic acids is 1. The van der Waals surface area contributed by atoms with Crippen molar-refractivity contribution >= 4 is 11.9 Å². The molecule has 2 heteroatoms. The molecule has 0 bridgehead atoms. The summed E-state index contributed by atoms with van der Waals surface area (Å²) in [4.78, 5) is 13.2. The zero-order chi connectivity index (χ0) is 20.1. The number of aryl methyl sites for hydroxylation is 3. The SMILES string of the molecule is Cc1cc(C)c(C(=O)CC(O)(/C=C/c2ccccc2)c2ccccc2)c(C)c1. The fraction of sp³-hybridized carbons (Fsp3) is 0.192. The molecular formula is C26H26O2. The fourth-order valence-electron chi connectivity index (χ4n) is 3.74. The van der Waals surface area contributed by atoms with Crippen molar-refractivity contribution in [2.24, 2.45) is 0 Å². The monoisotopic (exact) mass is 370 g/mol. The highest BCUT2D eigenvalue weighted by atomic mass is 16.3. The van der Waals surface area contributed by atoms with Crippen molar-refractivity contribution in [3.05, 3.63) is 112 Å². The van der Waals surface area contributed by atoms with E-state index in [0.717, 1.165) is 22.3 Å². The third kappa shape index (κ3) is 4.47. The molecule has 0 radical (unpaired) electrons. The third-order valence-corrected chi connectivity index (χ3v) is 5.01. The van der Waals surface area contributed by atoms with Crippen LogP contribution in [0.2, 0.25) is 0 Å². The maximum absolute atomic E-state index is 13.2. The van der Waals surface area contributed by atoms with Gasteiger partial charge in [-0.3, -0.25) is 4.79 Å². The normalized spacial score (nSPS) is 13.4. The highest BCUT2D eigenvalue weighted by Crippen LogP contribution is 2.31. The van der Waals surface area contributed by atoms with Crippen molar-refractivity contribution in [1.82, 2.24) is 0 Å². The van der Waals surface area contributed by atoms with Crippen molar-refractivity contribution in [3.8, 4) is 0 Å². The Kier molecular flexibility index (Phi) is 5.91. The molecule has 1 atom stereocenters. The van der Waals surface area contributed by atoms with E-state index in [-0.39, 0.29) is 12.2 Å². The molecule has 0 aromatic heterocycles. The minimum absolute atomic E-state index is 0.00884. The summed E-state index contributed by atoms with van der Waals surface area (Å²) in [6, 6.07) is 23.2. The van der Waals surface area contributed by atoms with Gasteiger partial charge in [0.15, 0.2) is 5.78 Å². The lowest BCUT2D eigenvalue weighted by molar-refractivity contribution is 0.0634. The first-order chi connectivity index (χ1) is 13.4. The summed E-state index contributed by atoms with van der Waals surface area (Å²) in [5.41, 5.74) is 4.04. The first kappa shape index (κ1) is 19.8. The second kappa shape index (κ2) is 8.37. The lowest BCUT2D eigenvalue weighted by atomic mass is 9.84. The smallest absolute Gasteiger partial charge is 0.166 e. The number of hydrogen-bond donors (Lipinski definition) is 1. The van der Waals surface area contributed by atoms with Crippen LogP contribution >= 0.6 is 0 Å². The molecule has 0 aliphatic carbocycles. The Morgan fingerprint density at radius 1 is 0.893 bits per heavy atom. The summed E-state index contributed by atoms with van der Waals surface area (Å²) in [7, 11) is 0. The van der Waals surface area contributed by atoms with E-state index in [1.54, 1.807) is 6.08 Å². The van der Waals surface area contributed by atoms with Crippen LogP contribution in [0.5, 0.6) is 0 Å². The zero-order valence-electron chi connectivity index (χ0n) is 16.6. The van der Waals surface area contributed by atoms with Gasteiger partial charge in [0.2, 0.25) is 0 Å². The van der Waals surface area contributed by atoms with Gasteiger partial charge in [0.1, 0.15) is 5.60 Å². The second-order valence-electron chi connectivity index (χ2n) is 7.41. The van der Waals surface area contributed by atoms with Gasteiger partial charge in [0.25, 0.3) is 0 Å². The van der Waals surface area contributed by atoms with E-state index in [0.29, 0.717) is 11.1 Å². The molecule has 0 aliphatic heterocycles. The number of hydrogen-bond acceptors (Lipinski definition) is 2. The van der Waals surface area contributed by atoms with Crippen LogP contribution in [-0.4, -0.2) is 10.9 Å². The first-order valence-corrected chi connectivity index (χ1v) is 9.52. The van der Waals surface area contributed by atoms with E-state index in [1.807, 2.05) is 99.6 Å². The quantitative estimate of drug-likeness (QED) is 0.558. The number of ketones is 1. The summed E-state index contributed by atoms with van der Waals surface area (Å²) in [5, 5.41) is 11.5. The number of benzene rings is 3. The second-order valence-corrected chi connectivity index (χ2v) is 7.41. The van der Waals surface area contributed by atoms with Gasteiger partial charge in [0, 0.05) is 12.0 Å². The third-order valence-electron chi connectivity index (χ3n) is 5.01. The minimum Gasteiger partial charge on any atom is -0.381 e. The van der Waals surface area contributed by atoms with Crippen LogP contribution in [0.3, 0.4) is 0 Å². The molecule has 0 saturated heterocycles. The van der Waals surface area contributed by atoms with E-state index in [9.17, 15) is 9.90 Å². The van der Waals surface area contributed by atoms with Gasteiger partial charge >= 0.3 is 0 Å². The van der Waals surface area contributed by atoms with Crippen molar-refractivity contribution in [3.63, 3.8) is 0 Å². The molecule has 28 heavy (non-hydrogen) atoms. The Morgan fingerprint density at radius 3 is 2.00 bits per heavy atom.